The standard InChI is InChI=1S/C18H15F3N4O3/c19-18(20,21)10-3-13(15-5-22-9-28-15)16-23-4-14(24(16)6-10)17(26)25-11-1-2-12(25)8-27-7-11/h3-6,9,11-12H,1-2,7-8H2/t11-,12+. The van der Waals surface area contributed by atoms with Crippen molar-refractivity contribution in [1.29, 1.82) is 0 Å². The summed E-state index contributed by atoms with van der Waals surface area (Å²) in [6.07, 6.45) is 1.71. The number of aromatic nitrogens is 3. The van der Waals surface area contributed by atoms with E-state index in [9.17, 15) is 18.0 Å². The predicted octanol–water partition coefficient (Wildman–Crippen LogP) is 3.01. The Morgan fingerprint density at radius 2 is 1.93 bits per heavy atom. The molecule has 2 fully saturated rings. The van der Waals surface area contributed by atoms with Crippen molar-refractivity contribution in [3.63, 3.8) is 0 Å². The maximum absolute atomic E-state index is 13.5. The lowest BCUT2D eigenvalue weighted by atomic mass is 10.1. The number of pyridine rings is 1. The molecule has 0 aromatic carbocycles. The van der Waals surface area contributed by atoms with Crippen LogP contribution in [0, 0.1) is 0 Å². The van der Waals surface area contributed by atoms with E-state index < -0.39 is 11.7 Å². The van der Waals surface area contributed by atoms with E-state index in [0.29, 0.717) is 13.2 Å². The number of amides is 1. The van der Waals surface area contributed by atoms with Gasteiger partial charge in [-0.1, -0.05) is 0 Å². The van der Waals surface area contributed by atoms with E-state index in [-0.39, 0.29) is 40.7 Å². The summed E-state index contributed by atoms with van der Waals surface area (Å²) in [5, 5.41) is 0. The van der Waals surface area contributed by atoms with Crippen LogP contribution in [0.25, 0.3) is 17.0 Å². The first-order valence-corrected chi connectivity index (χ1v) is 8.81. The number of imidazole rings is 1. The van der Waals surface area contributed by atoms with Gasteiger partial charge < -0.3 is 14.1 Å². The molecule has 5 heterocycles. The summed E-state index contributed by atoms with van der Waals surface area (Å²) in [6.45, 7) is 0.881. The van der Waals surface area contributed by atoms with Crippen molar-refractivity contribution >= 4 is 11.6 Å². The van der Waals surface area contributed by atoms with Crippen LogP contribution in [0.4, 0.5) is 13.2 Å². The molecule has 5 rings (SSSR count). The topological polar surface area (TPSA) is 72.9 Å². The van der Waals surface area contributed by atoms with Crippen molar-refractivity contribution in [1.82, 2.24) is 19.3 Å². The molecule has 0 spiro atoms. The summed E-state index contributed by atoms with van der Waals surface area (Å²) < 4.78 is 52.3. The number of hydrogen-bond donors (Lipinski definition) is 0. The van der Waals surface area contributed by atoms with Crippen molar-refractivity contribution in [2.75, 3.05) is 13.2 Å². The predicted molar refractivity (Wildman–Crippen MR) is 89.5 cm³/mol. The van der Waals surface area contributed by atoms with Gasteiger partial charge in [-0.3, -0.25) is 9.20 Å². The molecule has 146 valence electrons. The lowest BCUT2D eigenvalue weighted by Gasteiger charge is -2.34. The summed E-state index contributed by atoms with van der Waals surface area (Å²) >= 11 is 0. The van der Waals surface area contributed by atoms with Crippen molar-refractivity contribution in [2.45, 2.75) is 31.1 Å². The van der Waals surface area contributed by atoms with Crippen LogP contribution in [0.5, 0.6) is 0 Å². The van der Waals surface area contributed by atoms with E-state index in [1.807, 2.05) is 0 Å². The number of oxazole rings is 1. The Labute approximate surface area is 156 Å². The summed E-state index contributed by atoms with van der Waals surface area (Å²) in [4.78, 5) is 22.9. The van der Waals surface area contributed by atoms with Crippen LogP contribution in [0.3, 0.4) is 0 Å². The zero-order valence-corrected chi connectivity index (χ0v) is 14.5. The molecule has 2 bridgehead atoms. The molecule has 3 aromatic rings. The number of carbonyl (C=O) groups is 1. The number of carbonyl (C=O) groups excluding carboxylic acids is 1. The van der Waals surface area contributed by atoms with Crippen LogP contribution in [-0.2, 0) is 10.9 Å². The second kappa shape index (κ2) is 6.06. The third-order valence-electron chi connectivity index (χ3n) is 5.32. The van der Waals surface area contributed by atoms with Gasteiger partial charge >= 0.3 is 6.18 Å². The van der Waals surface area contributed by atoms with Gasteiger partial charge in [0.25, 0.3) is 5.91 Å². The van der Waals surface area contributed by atoms with Gasteiger partial charge in [-0.2, -0.15) is 13.2 Å². The third kappa shape index (κ3) is 2.59. The molecule has 0 radical (unpaired) electrons. The molecule has 2 saturated heterocycles. The highest BCUT2D eigenvalue weighted by Gasteiger charge is 2.42. The van der Waals surface area contributed by atoms with Gasteiger partial charge in [-0.15, -0.1) is 0 Å². The fraction of sp³-hybridized carbons (Fsp3) is 0.389. The number of hydrogen-bond acceptors (Lipinski definition) is 5. The molecule has 2 aliphatic heterocycles. The Bertz CT molecular complexity index is 1030. The maximum Gasteiger partial charge on any atom is 0.417 e. The third-order valence-corrected chi connectivity index (χ3v) is 5.32. The minimum Gasteiger partial charge on any atom is -0.443 e. The molecule has 0 aliphatic carbocycles. The van der Waals surface area contributed by atoms with Crippen LogP contribution in [-0.4, -0.2) is 50.5 Å². The Morgan fingerprint density at radius 3 is 2.57 bits per heavy atom. The molecule has 7 nitrogen and oxygen atoms in total. The lowest BCUT2D eigenvalue weighted by molar-refractivity contribution is -0.137. The van der Waals surface area contributed by atoms with Gasteiger partial charge in [-0.25, -0.2) is 9.97 Å². The smallest absolute Gasteiger partial charge is 0.417 e. The van der Waals surface area contributed by atoms with E-state index in [1.54, 1.807) is 4.90 Å². The molecule has 2 aliphatic rings. The first-order chi connectivity index (χ1) is 13.4. The minimum absolute atomic E-state index is 0.0589. The largest absolute Gasteiger partial charge is 0.443 e. The normalized spacial score (nSPS) is 22.2. The van der Waals surface area contributed by atoms with Crippen LogP contribution in [0.1, 0.15) is 28.9 Å². The van der Waals surface area contributed by atoms with Gasteiger partial charge in [0.05, 0.1) is 48.8 Å². The first-order valence-electron chi connectivity index (χ1n) is 8.81. The zero-order valence-electron chi connectivity index (χ0n) is 14.5. The fourth-order valence-electron chi connectivity index (χ4n) is 4.02. The fourth-order valence-corrected chi connectivity index (χ4v) is 4.02. The van der Waals surface area contributed by atoms with Gasteiger partial charge in [0.15, 0.2) is 12.2 Å². The Hall–Kier alpha value is -2.88. The van der Waals surface area contributed by atoms with Crippen molar-refractivity contribution < 1.29 is 27.1 Å². The number of rotatable bonds is 2. The molecule has 0 N–H and O–H groups in total. The Morgan fingerprint density at radius 1 is 1.18 bits per heavy atom. The van der Waals surface area contributed by atoms with Crippen LogP contribution >= 0.6 is 0 Å². The number of halogens is 3. The molecule has 0 saturated carbocycles. The summed E-state index contributed by atoms with van der Waals surface area (Å²) in [6, 6.07) is 0.836. The Balaban J connectivity index is 1.67. The Kier molecular flexibility index (Phi) is 3.73. The first kappa shape index (κ1) is 17.2. The van der Waals surface area contributed by atoms with E-state index >= 15 is 0 Å². The highest BCUT2D eigenvalue weighted by atomic mass is 19.4. The molecular weight excluding hydrogens is 377 g/mol. The van der Waals surface area contributed by atoms with E-state index in [2.05, 4.69) is 9.97 Å². The van der Waals surface area contributed by atoms with E-state index in [0.717, 1.165) is 31.5 Å². The van der Waals surface area contributed by atoms with Crippen LogP contribution in [0.2, 0.25) is 0 Å². The number of morpholine rings is 1. The second-order valence-corrected chi connectivity index (χ2v) is 6.98. The van der Waals surface area contributed by atoms with Crippen molar-refractivity contribution in [2.24, 2.45) is 0 Å². The molecule has 3 aromatic heterocycles. The monoisotopic (exact) mass is 392 g/mol. The lowest BCUT2D eigenvalue weighted by Crippen LogP contribution is -2.49. The molecule has 0 unspecified atom stereocenters. The molecule has 10 heteroatoms. The van der Waals surface area contributed by atoms with Gasteiger partial charge in [0.2, 0.25) is 0 Å². The van der Waals surface area contributed by atoms with E-state index in [1.165, 1.54) is 16.8 Å². The average molecular weight is 392 g/mol. The number of nitrogens with zero attached hydrogens (tertiary/aromatic N) is 4. The van der Waals surface area contributed by atoms with Crippen molar-refractivity contribution in [3.05, 3.63) is 42.3 Å². The summed E-state index contributed by atoms with van der Waals surface area (Å²) in [5.41, 5.74) is -0.492. The van der Waals surface area contributed by atoms with Crippen molar-refractivity contribution in [3.8, 4) is 11.3 Å². The number of ether oxygens (including phenoxy) is 1. The van der Waals surface area contributed by atoms with Gasteiger partial charge in [-0.05, 0) is 18.9 Å². The SMILES string of the molecule is O=C(c1cnc2c(-c3cnco3)cc(C(F)(F)F)cn12)N1[C@@H]2CC[C@H]1COC2. The highest BCUT2D eigenvalue weighted by Crippen LogP contribution is 2.35. The number of fused-ring (bicyclic) bond motifs is 3. The quantitative estimate of drug-likeness (QED) is 0.670. The molecular formula is C18H15F3N4O3. The second-order valence-electron chi connectivity index (χ2n) is 6.98. The van der Waals surface area contributed by atoms with Gasteiger partial charge in [0.1, 0.15) is 11.3 Å². The highest BCUT2D eigenvalue weighted by molar-refractivity contribution is 5.95. The molecule has 28 heavy (non-hydrogen) atoms. The minimum atomic E-state index is -4.59. The number of alkyl halides is 3. The van der Waals surface area contributed by atoms with Crippen LogP contribution < -0.4 is 0 Å². The van der Waals surface area contributed by atoms with E-state index in [4.69, 9.17) is 9.15 Å². The molecule has 2 atom stereocenters. The maximum atomic E-state index is 13.5. The average Bonchev–Trinajstić information content (AvgIpc) is 3.38. The summed E-state index contributed by atoms with van der Waals surface area (Å²) in [5.74, 6) is -0.196. The molecule has 1 amide bonds. The van der Waals surface area contributed by atoms with Gasteiger partial charge in [0, 0.05) is 6.20 Å². The van der Waals surface area contributed by atoms with Crippen LogP contribution in [0.15, 0.2) is 35.5 Å². The summed E-state index contributed by atoms with van der Waals surface area (Å²) in [7, 11) is 0. The zero-order chi connectivity index (χ0) is 19.5.